The van der Waals surface area contributed by atoms with Gasteiger partial charge in [0.2, 0.25) is 5.91 Å². The molecule has 0 aliphatic rings. The molecule has 0 heterocycles. The van der Waals surface area contributed by atoms with Crippen LogP contribution in [0.3, 0.4) is 0 Å². The second-order valence-electron chi connectivity index (χ2n) is 7.21. The van der Waals surface area contributed by atoms with E-state index in [1.165, 1.54) is 0 Å². The van der Waals surface area contributed by atoms with Crippen molar-refractivity contribution in [2.24, 2.45) is 0 Å². The summed E-state index contributed by atoms with van der Waals surface area (Å²) in [6, 6.07) is 23.8. The van der Waals surface area contributed by atoms with Gasteiger partial charge in [0, 0.05) is 16.9 Å². The molecule has 0 aliphatic carbocycles. The summed E-state index contributed by atoms with van der Waals surface area (Å²) in [4.78, 5) is 24.7. The molecule has 0 aromatic heterocycles. The fourth-order valence-electron chi connectivity index (χ4n) is 3.02. The predicted octanol–water partition coefficient (Wildman–Crippen LogP) is 4.79. The first-order chi connectivity index (χ1) is 15.5. The van der Waals surface area contributed by atoms with E-state index in [0.29, 0.717) is 17.9 Å². The van der Waals surface area contributed by atoms with Gasteiger partial charge in [-0.25, -0.2) is 0 Å². The lowest BCUT2D eigenvalue weighted by atomic mass is 10.1. The lowest BCUT2D eigenvalue weighted by Crippen LogP contribution is -2.26. The van der Waals surface area contributed by atoms with Crippen LogP contribution in [0.25, 0.3) is 0 Å². The maximum absolute atomic E-state index is 12.5. The van der Waals surface area contributed by atoms with Crippen LogP contribution in [0.1, 0.15) is 28.9 Å². The zero-order chi connectivity index (χ0) is 22.8. The van der Waals surface area contributed by atoms with Gasteiger partial charge in [-0.1, -0.05) is 43.0 Å². The van der Waals surface area contributed by atoms with Crippen LogP contribution in [-0.2, 0) is 4.79 Å². The van der Waals surface area contributed by atoms with Crippen LogP contribution in [0.4, 0.5) is 11.4 Å². The van der Waals surface area contributed by atoms with Crippen LogP contribution in [0.15, 0.2) is 91.5 Å². The summed E-state index contributed by atoms with van der Waals surface area (Å²) in [5.74, 6) is 0.385. The SMILES string of the molecule is C=CCOc1ccc(NCC(=O)Nc2ccc(C(=O)NC(C)c3ccccc3)cc2)cc1. The van der Waals surface area contributed by atoms with Gasteiger partial charge in [0.25, 0.3) is 5.91 Å². The van der Waals surface area contributed by atoms with Crippen molar-refractivity contribution in [1.82, 2.24) is 5.32 Å². The zero-order valence-electron chi connectivity index (χ0n) is 18.0. The summed E-state index contributed by atoms with van der Waals surface area (Å²) in [6.07, 6.45) is 1.68. The van der Waals surface area contributed by atoms with Crippen LogP contribution in [0.2, 0.25) is 0 Å². The first kappa shape index (κ1) is 22.6. The first-order valence-electron chi connectivity index (χ1n) is 10.4. The molecular weight excluding hydrogens is 402 g/mol. The highest BCUT2D eigenvalue weighted by Crippen LogP contribution is 2.16. The Labute approximate surface area is 188 Å². The molecule has 3 aromatic carbocycles. The molecule has 6 heteroatoms. The normalized spacial score (nSPS) is 11.2. The van der Waals surface area contributed by atoms with Crippen molar-refractivity contribution in [3.8, 4) is 5.75 Å². The van der Waals surface area contributed by atoms with E-state index in [1.54, 1.807) is 30.3 Å². The average Bonchev–Trinajstić information content (AvgIpc) is 2.83. The lowest BCUT2D eigenvalue weighted by Gasteiger charge is -2.14. The van der Waals surface area contributed by atoms with Crippen molar-refractivity contribution < 1.29 is 14.3 Å². The molecule has 164 valence electrons. The summed E-state index contributed by atoms with van der Waals surface area (Å²) in [5, 5.41) is 8.85. The molecule has 6 nitrogen and oxygen atoms in total. The first-order valence-corrected chi connectivity index (χ1v) is 10.4. The monoisotopic (exact) mass is 429 g/mol. The molecule has 0 bridgehead atoms. The minimum atomic E-state index is -0.188. The number of amides is 2. The summed E-state index contributed by atoms with van der Waals surface area (Å²) in [5.41, 5.74) is 3.00. The fourth-order valence-corrected chi connectivity index (χ4v) is 3.02. The number of nitrogens with one attached hydrogen (secondary N) is 3. The van der Waals surface area contributed by atoms with Gasteiger partial charge < -0.3 is 20.7 Å². The molecule has 2 amide bonds. The highest BCUT2D eigenvalue weighted by Gasteiger charge is 2.11. The molecular formula is C26H27N3O3. The number of benzene rings is 3. The Bertz CT molecular complexity index is 1030. The topological polar surface area (TPSA) is 79.5 Å². The minimum absolute atomic E-state index is 0.100. The Morgan fingerprint density at radius 2 is 1.59 bits per heavy atom. The van der Waals surface area contributed by atoms with Crippen LogP contribution < -0.4 is 20.7 Å². The molecule has 3 aromatic rings. The number of hydrogen-bond acceptors (Lipinski definition) is 4. The molecule has 0 fully saturated rings. The van der Waals surface area contributed by atoms with E-state index in [9.17, 15) is 9.59 Å². The van der Waals surface area contributed by atoms with Gasteiger partial charge in [-0.2, -0.15) is 0 Å². The van der Waals surface area contributed by atoms with Gasteiger partial charge in [-0.15, -0.1) is 0 Å². The standard InChI is InChI=1S/C26H27N3O3/c1-3-17-32-24-15-13-22(14-16-24)27-18-25(30)29-23-11-9-21(10-12-23)26(31)28-19(2)20-7-5-4-6-8-20/h3-16,19,27H,1,17-18H2,2H3,(H,28,31)(H,29,30). The number of anilines is 2. The van der Waals surface area contributed by atoms with E-state index in [-0.39, 0.29) is 24.4 Å². The molecule has 3 N–H and O–H groups in total. The maximum Gasteiger partial charge on any atom is 0.251 e. The van der Waals surface area contributed by atoms with E-state index in [4.69, 9.17) is 4.74 Å². The average molecular weight is 430 g/mol. The van der Waals surface area contributed by atoms with E-state index in [1.807, 2.05) is 61.5 Å². The number of hydrogen-bond donors (Lipinski definition) is 3. The summed E-state index contributed by atoms with van der Waals surface area (Å²) in [7, 11) is 0. The molecule has 1 atom stereocenters. The van der Waals surface area contributed by atoms with Gasteiger partial charge in [-0.3, -0.25) is 9.59 Å². The molecule has 32 heavy (non-hydrogen) atoms. The van der Waals surface area contributed by atoms with E-state index in [0.717, 1.165) is 17.0 Å². The molecule has 1 unspecified atom stereocenters. The van der Waals surface area contributed by atoms with E-state index in [2.05, 4.69) is 22.5 Å². The fraction of sp³-hybridized carbons (Fsp3) is 0.154. The molecule has 0 radical (unpaired) electrons. The van der Waals surface area contributed by atoms with Crippen LogP contribution in [0.5, 0.6) is 5.75 Å². The van der Waals surface area contributed by atoms with Crippen LogP contribution >= 0.6 is 0 Å². The minimum Gasteiger partial charge on any atom is -0.490 e. The van der Waals surface area contributed by atoms with E-state index >= 15 is 0 Å². The molecule has 3 rings (SSSR count). The second-order valence-corrected chi connectivity index (χ2v) is 7.21. The third-order valence-electron chi connectivity index (χ3n) is 4.75. The lowest BCUT2D eigenvalue weighted by molar-refractivity contribution is -0.114. The third-order valence-corrected chi connectivity index (χ3v) is 4.75. The third kappa shape index (κ3) is 6.74. The van der Waals surface area contributed by atoms with Crippen LogP contribution in [-0.4, -0.2) is 25.0 Å². The number of carbonyl (C=O) groups is 2. The quantitative estimate of drug-likeness (QED) is 0.405. The van der Waals surface area contributed by atoms with Crippen molar-refractivity contribution >= 4 is 23.2 Å². The second kappa shape index (κ2) is 11.4. The molecule has 0 spiro atoms. The Balaban J connectivity index is 1.46. The van der Waals surface area contributed by atoms with Crippen molar-refractivity contribution in [3.63, 3.8) is 0 Å². The van der Waals surface area contributed by atoms with Gasteiger partial charge in [-0.05, 0) is 61.0 Å². The van der Waals surface area contributed by atoms with Crippen molar-refractivity contribution in [2.75, 3.05) is 23.8 Å². The van der Waals surface area contributed by atoms with Gasteiger partial charge in [0.05, 0.1) is 12.6 Å². The maximum atomic E-state index is 12.5. The highest BCUT2D eigenvalue weighted by atomic mass is 16.5. The Kier molecular flexibility index (Phi) is 8.03. The largest absolute Gasteiger partial charge is 0.490 e. The highest BCUT2D eigenvalue weighted by molar-refractivity contribution is 5.96. The molecule has 0 saturated carbocycles. The van der Waals surface area contributed by atoms with Gasteiger partial charge in [0.15, 0.2) is 0 Å². The molecule has 0 saturated heterocycles. The Morgan fingerprint density at radius 3 is 2.25 bits per heavy atom. The zero-order valence-corrected chi connectivity index (χ0v) is 18.0. The van der Waals surface area contributed by atoms with E-state index < -0.39 is 0 Å². The van der Waals surface area contributed by atoms with Crippen LogP contribution in [0, 0.1) is 0 Å². The van der Waals surface area contributed by atoms with Crippen molar-refractivity contribution in [1.29, 1.82) is 0 Å². The number of rotatable bonds is 10. The smallest absolute Gasteiger partial charge is 0.251 e. The van der Waals surface area contributed by atoms with Gasteiger partial charge in [0.1, 0.15) is 12.4 Å². The summed E-state index contributed by atoms with van der Waals surface area (Å²) in [6.45, 7) is 6.11. The van der Waals surface area contributed by atoms with Crippen molar-refractivity contribution in [3.05, 3.63) is 103 Å². The number of carbonyl (C=O) groups excluding carboxylic acids is 2. The number of ether oxygens (including phenoxy) is 1. The Morgan fingerprint density at radius 1 is 0.938 bits per heavy atom. The predicted molar refractivity (Wildman–Crippen MR) is 128 cm³/mol. The van der Waals surface area contributed by atoms with Gasteiger partial charge >= 0.3 is 0 Å². The summed E-state index contributed by atoms with van der Waals surface area (Å²) >= 11 is 0. The molecule has 0 aliphatic heterocycles. The van der Waals surface area contributed by atoms with Crippen molar-refractivity contribution in [2.45, 2.75) is 13.0 Å². The summed E-state index contributed by atoms with van der Waals surface area (Å²) < 4.78 is 5.43. The Hall–Kier alpha value is -4.06.